The summed E-state index contributed by atoms with van der Waals surface area (Å²) in [4.78, 5) is 27.6. The molecular formula is C27H34ClN7O5. The minimum atomic E-state index is -1.05. The number of ether oxygens (including phenoxy) is 2. The first-order chi connectivity index (χ1) is 19.4. The van der Waals surface area contributed by atoms with Crippen molar-refractivity contribution in [1.82, 2.24) is 25.7 Å². The van der Waals surface area contributed by atoms with Crippen molar-refractivity contribution >= 4 is 29.4 Å². The van der Waals surface area contributed by atoms with Gasteiger partial charge in [0.2, 0.25) is 0 Å². The van der Waals surface area contributed by atoms with E-state index in [9.17, 15) is 9.59 Å². The van der Waals surface area contributed by atoms with Gasteiger partial charge in [0.05, 0.1) is 29.9 Å². The highest BCUT2D eigenvalue weighted by Gasteiger charge is 2.25. The Bertz CT molecular complexity index is 1180. The number of benzene rings is 1. The molecule has 1 aromatic carbocycles. The van der Waals surface area contributed by atoms with Crippen LogP contribution >= 0.6 is 11.6 Å². The number of carbonyl (C=O) groups excluding carboxylic acids is 1. The maximum absolute atomic E-state index is 12.8. The first-order valence-electron chi connectivity index (χ1n) is 13.4. The molecule has 1 aliphatic carbocycles. The average molecular weight is 572 g/mol. The molecule has 3 N–H and O–H groups in total. The molecule has 0 spiro atoms. The second-order valence-corrected chi connectivity index (χ2v) is 10.2. The number of piperazine rings is 1. The van der Waals surface area contributed by atoms with E-state index >= 15 is 0 Å². The molecule has 2 fully saturated rings. The van der Waals surface area contributed by atoms with Crippen molar-refractivity contribution in [3.63, 3.8) is 0 Å². The number of carboxylic acid groups (broad SMARTS) is 1. The second kappa shape index (κ2) is 14.6. The highest BCUT2D eigenvalue weighted by Crippen LogP contribution is 2.27. The number of rotatable bonds is 11. The maximum Gasteiger partial charge on any atom is 0.404 e. The fourth-order valence-corrected chi connectivity index (χ4v) is 4.99. The lowest BCUT2D eigenvalue weighted by atomic mass is 9.93. The van der Waals surface area contributed by atoms with Crippen molar-refractivity contribution in [2.45, 2.75) is 37.8 Å². The standard InChI is InChI=1S/C27H34ClN7O5/c28-23-17-22(4-1-19(23)18-29)40-21-5-2-20(3-6-21)31-26(36)24-7-8-25(33-32-24)35-12-10-34(11-13-35)14-16-39-15-9-30-27(37)38/h1,4,7-8,17,20-21,30H,2-3,5-6,9-16H2,(H,31,36)(H,37,38)/t20-,21-. The summed E-state index contributed by atoms with van der Waals surface area (Å²) in [5.41, 5.74) is 0.713. The fourth-order valence-electron chi connectivity index (χ4n) is 4.78. The van der Waals surface area contributed by atoms with Crippen LogP contribution in [0.15, 0.2) is 30.3 Å². The third kappa shape index (κ3) is 8.67. The normalized spacial score (nSPS) is 19.4. The summed E-state index contributed by atoms with van der Waals surface area (Å²) in [6, 6.07) is 10.7. The van der Waals surface area contributed by atoms with Gasteiger partial charge >= 0.3 is 6.09 Å². The first-order valence-corrected chi connectivity index (χ1v) is 13.8. The molecule has 214 valence electrons. The molecule has 1 aromatic heterocycles. The van der Waals surface area contributed by atoms with Crippen molar-refractivity contribution in [3.8, 4) is 11.8 Å². The van der Waals surface area contributed by atoms with Gasteiger partial charge in [-0.25, -0.2) is 4.79 Å². The number of nitrogens with zero attached hydrogens (tertiary/aromatic N) is 5. The number of anilines is 1. The van der Waals surface area contributed by atoms with Crippen LogP contribution in [0.5, 0.6) is 5.75 Å². The molecule has 4 rings (SSSR count). The highest BCUT2D eigenvalue weighted by molar-refractivity contribution is 6.31. The third-order valence-corrected chi connectivity index (χ3v) is 7.34. The van der Waals surface area contributed by atoms with Crippen LogP contribution in [0.25, 0.3) is 0 Å². The smallest absolute Gasteiger partial charge is 0.404 e. The van der Waals surface area contributed by atoms with Gasteiger partial charge in [-0.1, -0.05) is 11.6 Å². The number of hydrogen-bond acceptors (Lipinski definition) is 9. The Balaban J connectivity index is 1.14. The quantitative estimate of drug-likeness (QED) is 0.343. The molecule has 1 saturated heterocycles. The van der Waals surface area contributed by atoms with Crippen molar-refractivity contribution in [2.24, 2.45) is 0 Å². The molecule has 1 aliphatic heterocycles. The Morgan fingerprint density at radius 1 is 1.07 bits per heavy atom. The average Bonchev–Trinajstić information content (AvgIpc) is 2.96. The van der Waals surface area contributed by atoms with Gasteiger partial charge in [0.15, 0.2) is 11.5 Å². The van der Waals surface area contributed by atoms with Gasteiger partial charge in [0, 0.05) is 51.4 Å². The monoisotopic (exact) mass is 571 g/mol. The predicted octanol–water partition coefficient (Wildman–Crippen LogP) is 2.53. The molecule has 0 unspecified atom stereocenters. The molecule has 0 radical (unpaired) electrons. The van der Waals surface area contributed by atoms with Crippen molar-refractivity contribution in [2.75, 3.05) is 57.4 Å². The zero-order valence-electron chi connectivity index (χ0n) is 22.2. The predicted molar refractivity (Wildman–Crippen MR) is 148 cm³/mol. The van der Waals surface area contributed by atoms with Crippen molar-refractivity contribution < 1.29 is 24.2 Å². The Morgan fingerprint density at radius 3 is 2.50 bits per heavy atom. The van der Waals surface area contributed by atoms with Gasteiger partial charge in [0.25, 0.3) is 5.91 Å². The zero-order chi connectivity index (χ0) is 28.3. The number of hydrogen-bond donors (Lipinski definition) is 3. The van der Waals surface area contributed by atoms with Gasteiger partial charge in [-0.3, -0.25) is 9.69 Å². The van der Waals surface area contributed by atoms with Crippen LogP contribution in [-0.4, -0.2) is 96.8 Å². The molecule has 0 bridgehead atoms. The number of aromatic nitrogens is 2. The number of nitrogens with one attached hydrogen (secondary N) is 2. The van der Waals surface area contributed by atoms with E-state index in [1.54, 1.807) is 24.3 Å². The Labute approximate surface area is 238 Å². The number of nitriles is 1. The molecule has 12 nitrogen and oxygen atoms in total. The molecule has 0 atom stereocenters. The minimum absolute atomic E-state index is 0.0327. The Morgan fingerprint density at radius 2 is 1.85 bits per heavy atom. The molecule has 40 heavy (non-hydrogen) atoms. The number of carbonyl (C=O) groups is 2. The molecule has 2 aliphatic rings. The number of halogens is 1. The van der Waals surface area contributed by atoms with E-state index in [1.165, 1.54) is 0 Å². The van der Waals surface area contributed by atoms with Gasteiger partial charge in [0.1, 0.15) is 11.8 Å². The van der Waals surface area contributed by atoms with E-state index in [0.717, 1.165) is 64.2 Å². The summed E-state index contributed by atoms with van der Waals surface area (Å²) in [5, 5.41) is 31.7. The second-order valence-electron chi connectivity index (χ2n) is 9.77. The van der Waals surface area contributed by atoms with Gasteiger partial charge in [-0.05, 0) is 49.9 Å². The van der Waals surface area contributed by atoms with Gasteiger partial charge in [-0.2, -0.15) is 5.26 Å². The zero-order valence-corrected chi connectivity index (χ0v) is 23.0. The van der Waals surface area contributed by atoms with Crippen LogP contribution < -0.4 is 20.3 Å². The number of amides is 2. The van der Waals surface area contributed by atoms with Crippen LogP contribution in [0, 0.1) is 11.3 Å². The lowest BCUT2D eigenvalue weighted by Crippen LogP contribution is -2.47. The molecule has 1 saturated carbocycles. The lowest BCUT2D eigenvalue weighted by Gasteiger charge is -2.35. The van der Waals surface area contributed by atoms with Crippen LogP contribution in [0.2, 0.25) is 5.02 Å². The summed E-state index contributed by atoms with van der Waals surface area (Å²) in [5.74, 6) is 1.16. The van der Waals surface area contributed by atoms with E-state index < -0.39 is 6.09 Å². The topological polar surface area (TPSA) is 153 Å². The highest BCUT2D eigenvalue weighted by atomic mass is 35.5. The molecule has 2 heterocycles. The first kappa shape index (κ1) is 29.3. The largest absolute Gasteiger partial charge is 0.490 e. The summed E-state index contributed by atoms with van der Waals surface area (Å²) < 4.78 is 11.5. The SMILES string of the molecule is N#Cc1ccc(O[C@H]2CC[C@H](NC(=O)c3ccc(N4CCN(CCOCCNC(=O)O)CC4)nn3)CC2)cc1Cl. The summed E-state index contributed by atoms with van der Waals surface area (Å²) >= 11 is 6.10. The third-order valence-electron chi connectivity index (χ3n) is 7.03. The summed E-state index contributed by atoms with van der Waals surface area (Å²) in [6.07, 6.45) is 2.17. The van der Waals surface area contributed by atoms with E-state index in [1.807, 2.05) is 12.1 Å². The van der Waals surface area contributed by atoms with Crippen LogP contribution in [0.4, 0.5) is 10.6 Å². The van der Waals surface area contributed by atoms with Gasteiger partial charge < -0.3 is 30.1 Å². The van der Waals surface area contributed by atoms with E-state index in [4.69, 9.17) is 31.4 Å². The van der Waals surface area contributed by atoms with E-state index in [-0.39, 0.29) is 24.6 Å². The van der Waals surface area contributed by atoms with Gasteiger partial charge in [-0.15, -0.1) is 10.2 Å². The van der Waals surface area contributed by atoms with E-state index in [0.29, 0.717) is 35.2 Å². The molecule has 2 amide bonds. The van der Waals surface area contributed by atoms with Crippen LogP contribution in [0.1, 0.15) is 41.7 Å². The van der Waals surface area contributed by atoms with Crippen LogP contribution in [0.3, 0.4) is 0 Å². The minimum Gasteiger partial charge on any atom is -0.490 e. The van der Waals surface area contributed by atoms with Crippen molar-refractivity contribution in [1.29, 1.82) is 5.26 Å². The summed E-state index contributed by atoms with van der Waals surface area (Å²) in [7, 11) is 0. The lowest BCUT2D eigenvalue weighted by molar-refractivity contribution is 0.0888. The van der Waals surface area contributed by atoms with Crippen LogP contribution in [-0.2, 0) is 4.74 Å². The fraction of sp³-hybridized carbons (Fsp3) is 0.519. The maximum atomic E-state index is 12.8. The van der Waals surface area contributed by atoms with Crippen molar-refractivity contribution in [3.05, 3.63) is 46.6 Å². The van der Waals surface area contributed by atoms with E-state index in [2.05, 4.69) is 30.6 Å². The molecular weight excluding hydrogens is 538 g/mol. The molecule has 2 aromatic rings. The Hall–Kier alpha value is -3.66. The summed E-state index contributed by atoms with van der Waals surface area (Å²) in [6.45, 7) is 5.25. The Kier molecular flexibility index (Phi) is 10.7. The molecule has 13 heteroatoms.